The first-order valence-corrected chi connectivity index (χ1v) is 5.95. The molecule has 3 heteroatoms. The predicted molar refractivity (Wildman–Crippen MR) is 71.0 cm³/mol. The highest BCUT2D eigenvalue weighted by Crippen LogP contribution is 2.30. The molecule has 1 aromatic rings. The molecular formula is C15H21O3. The van der Waals surface area contributed by atoms with Crippen LogP contribution in [0.15, 0.2) is 16.5 Å². The van der Waals surface area contributed by atoms with E-state index in [4.69, 9.17) is 9.52 Å². The van der Waals surface area contributed by atoms with E-state index in [0.29, 0.717) is 0 Å². The van der Waals surface area contributed by atoms with E-state index in [0.717, 1.165) is 18.6 Å². The Morgan fingerprint density at radius 3 is 2.06 bits per heavy atom. The van der Waals surface area contributed by atoms with Gasteiger partial charge in [0, 0.05) is 5.92 Å². The van der Waals surface area contributed by atoms with Crippen LogP contribution in [0.5, 0.6) is 0 Å². The molecule has 1 saturated carbocycles. The average molecular weight is 249 g/mol. The van der Waals surface area contributed by atoms with E-state index in [-0.39, 0.29) is 20.6 Å². The third kappa shape index (κ3) is 4.21. The second-order valence-electron chi connectivity index (χ2n) is 4.34. The molecule has 3 nitrogen and oxygen atoms in total. The summed E-state index contributed by atoms with van der Waals surface area (Å²) in [6.07, 6.45) is 8.35. The molecule has 5 radical (unpaired) electrons. The van der Waals surface area contributed by atoms with Crippen LogP contribution in [-0.2, 0) is 0 Å². The van der Waals surface area contributed by atoms with Crippen molar-refractivity contribution in [3.8, 4) is 0 Å². The molecule has 2 rings (SSSR count). The van der Waals surface area contributed by atoms with Gasteiger partial charge in [-0.05, 0) is 25.0 Å². The summed E-state index contributed by atoms with van der Waals surface area (Å²) in [6, 6.07) is 3.34. The third-order valence-corrected chi connectivity index (χ3v) is 3.12. The topological polar surface area (TPSA) is 50.4 Å². The molecule has 0 amide bonds. The second kappa shape index (κ2) is 7.96. The van der Waals surface area contributed by atoms with Crippen LogP contribution in [0.2, 0.25) is 0 Å². The van der Waals surface area contributed by atoms with Gasteiger partial charge < -0.3 is 9.52 Å². The van der Waals surface area contributed by atoms with Crippen LogP contribution in [0.3, 0.4) is 0 Å². The van der Waals surface area contributed by atoms with Gasteiger partial charge in [-0.15, -0.1) is 0 Å². The van der Waals surface area contributed by atoms with Crippen molar-refractivity contribution in [2.24, 2.45) is 0 Å². The van der Waals surface area contributed by atoms with Crippen LogP contribution < -0.4 is 0 Å². The number of rotatable bonds is 2. The Labute approximate surface area is 110 Å². The zero-order valence-corrected chi connectivity index (χ0v) is 10.8. The number of hydrogen-bond donors (Lipinski definition) is 1. The number of carboxylic acids is 1. The Bertz CT molecular complexity index is 346. The largest absolute Gasteiger partial charge is 0.475 e. The zero-order valence-electron chi connectivity index (χ0n) is 10.8. The lowest BCUT2D eigenvalue weighted by molar-refractivity contribution is 0.0660. The zero-order chi connectivity index (χ0) is 11.4. The quantitative estimate of drug-likeness (QED) is 0.850. The van der Waals surface area contributed by atoms with Crippen molar-refractivity contribution in [2.45, 2.75) is 44.9 Å². The molecule has 1 aliphatic carbocycles. The molecule has 1 heterocycles. The van der Waals surface area contributed by atoms with E-state index in [1.165, 1.54) is 38.0 Å². The van der Waals surface area contributed by atoms with E-state index in [1.54, 1.807) is 12.1 Å². The van der Waals surface area contributed by atoms with Crippen LogP contribution in [0.1, 0.15) is 61.3 Å². The second-order valence-corrected chi connectivity index (χ2v) is 4.34. The summed E-state index contributed by atoms with van der Waals surface area (Å²) in [5.41, 5.74) is 0. The van der Waals surface area contributed by atoms with Gasteiger partial charge in [0.05, 0.1) is 0 Å². The highest BCUT2D eigenvalue weighted by molar-refractivity contribution is 5.84. The first-order chi connectivity index (χ1) is 7.77. The minimum absolute atomic E-state index is 0. The monoisotopic (exact) mass is 249 g/mol. The molecule has 1 aliphatic rings. The van der Waals surface area contributed by atoms with E-state index >= 15 is 0 Å². The fourth-order valence-electron chi connectivity index (χ4n) is 2.22. The Hall–Kier alpha value is -1.25. The number of carboxylic acid groups (broad SMARTS) is 1. The first-order valence-electron chi connectivity index (χ1n) is 5.95. The van der Waals surface area contributed by atoms with Crippen LogP contribution in [0.25, 0.3) is 0 Å². The van der Waals surface area contributed by atoms with Crippen molar-refractivity contribution in [2.75, 3.05) is 0 Å². The summed E-state index contributed by atoms with van der Waals surface area (Å²) in [4.78, 5) is 10.7. The summed E-state index contributed by atoms with van der Waals surface area (Å²) >= 11 is 0. The summed E-state index contributed by atoms with van der Waals surface area (Å²) in [6.45, 7) is 0. The van der Waals surface area contributed by atoms with E-state index in [1.807, 2.05) is 0 Å². The molecule has 1 aromatic heterocycles. The molecule has 0 unspecified atom stereocenters. The average Bonchev–Trinajstić information content (AvgIpc) is 2.66. The molecule has 0 aromatic carbocycles. The number of furan rings is 1. The molecule has 0 spiro atoms. The van der Waals surface area contributed by atoms with Gasteiger partial charge in [0.2, 0.25) is 5.76 Å². The Kier molecular flexibility index (Phi) is 7.41. The molecule has 0 atom stereocenters. The Balaban J connectivity index is 0.00000144. The van der Waals surface area contributed by atoms with Gasteiger partial charge in [-0.2, -0.15) is 0 Å². The molecule has 0 aliphatic heterocycles. The summed E-state index contributed by atoms with van der Waals surface area (Å²) in [7, 11) is 0. The van der Waals surface area contributed by atoms with Gasteiger partial charge in [-0.25, -0.2) is 4.79 Å². The summed E-state index contributed by atoms with van der Waals surface area (Å²) in [5.74, 6) is 1.12. The van der Waals surface area contributed by atoms with Gasteiger partial charge in [-0.3, -0.25) is 0 Å². The van der Waals surface area contributed by atoms with E-state index in [9.17, 15) is 4.79 Å². The first kappa shape index (κ1) is 16.8. The van der Waals surface area contributed by atoms with Crippen LogP contribution in [0, 0.1) is 20.8 Å². The maximum absolute atomic E-state index is 10.7. The van der Waals surface area contributed by atoms with Gasteiger partial charge in [0.1, 0.15) is 5.76 Å². The fraction of sp³-hybridized carbons (Fsp3) is 0.467. The lowest BCUT2D eigenvalue weighted by Gasteiger charge is -2.16. The number of aromatic carboxylic acids is 1. The van der Waals surface area contributed by atoms with Crippen LogP contribution in [0.4, 0.5) is 0 Å². The molecule has 0 bridgehead atoms. The molecule has 18 heavy (non-hydrogen) atoms. The molecule has 1 N–H and O–H groups in total. The normalized spacial score (nSPS) is 16.9. The van der Waals surface area contributed by atoms with E-state index in [2.05, 4.69) is 0 Å². The minimum atomic E-state index is -0.988. The smallest absolute Gasteiger partial charge is 0.371 e. The van der Waals surface area contributed by atoms with Crippen LogP contribution in [-0.4, -0.2) is 11.1 Å². The van der Waals surface area contributed by atoms with Crippen molar-refractivity contribution >= 4 is 5.97 Å². The molecule has 1 fully saturated rings. The Morgan fingerprint density at radius 2 is 1.56 bits per heavy atom. The van der Waals surface area contributed by atoms with Crippen molar-refractivity contribution < 1.29 is 14.3 Å². The van der Waals surface area contributed by atoms with Crippen molar-refractivity contribution in [3.63, 3.8) is 0 Å². The summed E-state index contributed by atoms with van der Waals surface area (Å²) in [5, 5.41) is 8.79. The predicted octanol–water partition coefficient (Wildman–Crippen LogP) is 4.30. The van der Waals surface area contributed by atoms with Gasteiger partial charge in [-0.1, -0.05) is 47.0 Å². The maximum Gasteiger partial charge on any atom is 0.371 e. The van der Waals surface area contributed by atoms with Crippen molar-refractivity contribution in [1.82, 2.24) is 0 Å². The fourth-order valence-corrected chi connectivity index (χ4v) is 2.22. The lowest BCUT2D eigenvalue weighted by Crippen LogP contribution is -2.02. The van der Waals surface area contributed by atoms with Crippen molar-refractivity contribution in [3.05, 3.63) is 44.4 Å². The third-order valence-electron chi connectivity index (χ3n) is 3.12. The highest BCUT2D eigenvalue weighted by Gasteiger charge is 2.19. The van der Waals surface area contributed by atoms with Gasteiger partial charge >= 0.3 is 5.97 Å². The maximum atomic E-state index is 10.7. The van der Waals surface area contributed by atoms with Crippen molar-refractivity contribution in [1.29, 1.82) is 0 Å². The SMILES string of the molecule is O=C(O)c1ccc([C]2CCCCCCC2)o1.[CH2].[CH2]. The van der Waals surface area contributed by atoms with Gasteiger partial charge in [0.15, 0.2) is 0 Å². The lowest BCUT2D eigenvalue weighted by atomic mass is 9.89. The highest BCUT2D eigenvalue weighted by atomic mass is 16.4. The molecule has 0 saturated heterocycles. The van der Waals surface area contributed by atoms with Crippen LogP contribution >= 0.6 is 0 Å². The van der Waals surface area contributed by atoms with E-state index < -0.39 is 5.97 Å². The minimum Gasteiger partial charge on any atom is -0.475 e. The molecular weight excluding hydrogens is 228 g/mol. The Morgan fingerprint density at radius 1 is 1.00 bits per heavy atom. The number of hydrogen-bond acceptors (Lipinski definition) is 2. The standard InChI is InChI=1S/C13H17O3.2CH2/c14-13(15)12-9-8-11(16-12)10-6-4-2-1-3-5-7-10;;/h8-9H,1-7H2,(H,14,15);2*1H2. The number of carbonyl (C=O) groups is 1. The summed E-state index contributed by atoms with van der Waals surface area (Å²) < 4.78 is 5.34. The van der Waals surface area contributed by atoms with Gasteiger partial charge in [0.25, 0.3) is 0 Å². The molecule has 99 valence electrons.